The van der Waals surface area contributed by atoms with Gasteiger partial charge in [0, 0.05) is 6.04 Å². The van der Waals surface area contributed by atoms with E-state index in [4.69, 9.17) is 16.3 Å². The second-order valence-electron chi connectivity index (χ2n) is 7.79. The Labute approximate surface area is 180 Å². The average Bonchev–Trinajstić information content (AvgIpc) is 3.50. The zero-order chi connectivity index (χ0) is 21.1. The first-order valence-corrected chi connectivity index (χ1v) is 10.7. The number of rotatable bonds is 7. The molecular weight excluding hydrogens is 406 g/mol. The molecule has 2 aromatic rings. The number of esters is 1. The van der Waals surface area contributed by atoms with Gasteiger partial charge in [0.1, 0.15) is 11.6 Å². The highest BCUT2D eigenvalue weighted by molar-refractivity contribution is 6.31. The van der Waals surface area contributed by atoms with Gasteiger partial charge in [0.2, 0.25) is 0 Å². The lowest BCUT2D eigenvalue weighted by Gasteiger charge is -2.44. The maximum absolute atomic E-state index is 13.1. The summed E-state index contributed by atoms with van der Waals surface area (Å²) in [4.78, 5) is 19.6. The topological polar surface area (TPSA) is 110 Å². The van der Waals surface area contributed by atoms with E-state index in [1.165, 1.54) is 4.68 Å². The van der Waals surface area contributed by atoms with Crippen molar-refractivity contribution in [2.45, 2.75) is 70.0 Å². The Balaban J connectivity index is 1.68. The summed E-state index contributed by atoms with van der Waals surface area (Å²) in [6.45, 7) is 2.61. The van der Waals surface area contributed by atoms with E-state index >= 15 is 0 Å². The van der Waals surface area contributed by atoms with Crippen LogP contribution >= 0.6 is 11.6 Å². The Morgan fingerprint density at radius 1 is 1.37 bits per heavy atom. The fourth-order valence-corrected chi connectivity index (χ4v) is 4.44. The number of nitrogens with zero attached hydrogens (tertiary/aromatic N) is 7. The summed E-state index contributed by atoms with van der Waals surface area (Å²) in [5, 5.41) is 21.6. The van der Waals surface area contributed by atoms with Gasteiger partial charge >= 0.3 is 5.97 Å². The number of tetrazole rings is 1. The van der Waals surface area contributed by atoms with Crippen LogP contribution in [0.15, 0.2) is 12.1 Å². The van der Waals surface area contributed by atoms with Gasteiger partial charge in [0.25, 0.3) is 0 Å². The molecule has 158 valence electrons. The van der Waals surface area contributed by atoms with Crippen molar-refractivity contribution < 1.29 is 9.53 Å². The Morgan fingerprint density at radius 2 is 2.13 bits per heavy atom. The van der Waals surface area contributed by atoms with Crippen molar-refractivity contribution in [3.05, 3.63) is 28.7 Å². The second kappa shape index (κ2) is 8.66. The number of hydrogen-bond donors (Lipinski definition) is 0. The maximum Gasteiger partial charge on any atom is 0.326 e. The van der Waals surface area contributed by atoms with Crippen LogP contribution in [0.4, 0.5) is 0 Å². The van der Waals surface area contributed by atoms with E-state index < -0.39 is 5.54 Å². The summed E-state index contributed by atoms with van der Waals surface area (Å²) in [5.74, 6) is 0.836. The van der Waals surface area contributed by atoms with Gasteiger partial charge in [0.15, 0.2) is 17.3 Å². The van der Waals surface area contributed by atoms with E-state index in [0.717, 1.165) is 44.9 Å². The third-order valence-corrected chi connectivity index (χ3v) is 6.18. The zero-order valence-electron chi connectivity index (χ0n) is 16.9. The molecule has 2 fully saturated rings. The second-order valence-corrected chi connectivity index (χ2v) is 8.20. The molecule has 0 amide bonds. The first-order chi connectivity index (χ1) is 14.6. The summed E-state index contributed by atoms with van der Waals surface area (Å²) >= 11 is 6.01. The van der Waals surface area contributed by atoms with Gasteiger partial charge in [-0.15, -0.1) is 5.10 Å². The Morgan fingerprint density at radius 3 is 2.80 bits per heavy atom. The lowest BCUT2D eigenvalue weighted by molar-refractivity contribution is -0.162. The van der Waals surface area contributed by atoms with Crippen LogP contribution in [0, 0.1) is 11.3 Å². The summed E-state index contributed by atoms with van der Waals surface area (Å²) in [7, 11) is 0. The molecule has 0 radical (unpaired) electrons. The Kier molecular flexibility index (Phi) is 5.97. The quantitative estimate of drug-likeness (QED) is 0.618. The molecule has 2 heterocycles. The normalized spacial score (nSPS) is 18.2. The van der Waals surface area contributed by atoms with Crippen molar-refractivity contribution in [1.82, 2.24) is 30.1 Å². The summed E-state index contributed by atoms with van der Waals surface area (Å²) < 4.78 is 7.03. The number of carbonyl (C=O) groups is 1. The minimum absolute atomic E-state index is 0.116. The van der Waals surface area contributed by atoms with E-state index in [0.29, 0.717) is 30.8 Å². The maximum atomic E-state index is 13.1. The molecule has 0 bridgehead atoms. The first-order valence-electron chi connectivity index (χ1n) is 10.4. The van der Waals surface area contributed by atoms with Gasteiger partial charge in [-0.05, 0) is 55.2 Å². The third-order valence-electron chi connectivity index (χ3n) is 5.87. The first kappa shape index (κ1) is 20.7. The number of carbonyl (C=O) groups excluding carboxylic acids is 1. The number of halogens is 1. The monoisotopic (exact) mass is 429 g/mol. The molecule has 2 aromatic heterocycles. The highest BCUT2D eigenvalue weighted by Crippen LogP contribution is 2.42. The molecule has 9 nitrogen and oxygen atoms in total. The molecule has 0 spiro atoms. The Bertz CT molecular complexity index is 960. The predicted molar refractivity (Wildman–Crippen MR) is 108 cm³/mol. The third kappa shape index (κ3) is 3.89. The largest absolute Gasteiger partial charge is 0.465 e. The lowest BCUT2D eigenvalue weighted by atomic mass is 9.80. The van der Waals surface area contributed by atoms with Crippen molar-refractivity contribution in [3.8, 4) is 11.9 Å². The van der Waals surface area contributed by atoms with Crippen LogP contribution in [0.5, 0.6) is 0 Å². The van der Waals surface area contributed by atoms with E-state index in [1.54, 1.807) is 12.1 Å². The van der Waals surface area contributed by atoms with E-state index in [1.807, 2.05) is 13.0 Å². The number of ether oxygens (including phenoxy) is 1. The van der Waals surface area contributed by atoms with Crippen LogP contribution in [-0.2, 0) is 16.1 Å². The molecule has 0 aliphatic heterocycles. The minimum Gasteiger partial charge on any atom is -0.465 e. The molecule has 2 aliphatic rings. The van der Waals surface area contributed by atoms with Crippen molar-refractivity contribution in [3.63, 3.8) is 0 Å². The number of nitriles is 1. The molecule has 30 heavy (non-hydrogen) atoms. The van der Waals surface area contributed by atoms with Crippen molar-refractivity contribution >= 4 is 17.6 Å². The van der Waals surface area contributed by atoms with Gasteiger partial charge in [-0.3, -0.25) is 9.69 Å². The zero-order valence-corrected chi connectivity index (χ0v) is 17.7. The van der Waals surface area contributed by atoms with Gasteiger partial charge in [0.05, 0.1) is 18.2 Å². The molecule has 0 N–H and O–H groups in total. The molecular formula is C20H24ClN7O2. The van der Waals surface area contributed by atoms with Gasteiger partial charge < -0.3 is 4.74 Å². The molecule has 2 saturated carbocycles. The standard InChI is InChI=1S/C20H24ClN7O2/c1-2-30-19(29)20(10-4-3-5-11-20)27(14-6-7-14)13-18-24-25-26-28(18)17-9-8-15(21)16(12-22)23-17/h8-9,14H,2-7,10-11,13H2,1H3. The molecule has 0 aromatic carbocycles. The number of pyridine rings is 1. The van der Waals surface area contributed by atoms with Crippen LogP contribution in [0.25, 0.3) is 5.82 Å². The van der Waals surface area contributed by atoms with Crippen LogP contribution in [-0.4, -0.2) is 54.2 Å². The molecule has 0 saturated heterocycles. The predicted octanol–water partition coefficient (Wildman–Crippen LogP) is 2.81. The fourth-order valence-electron chi connectivity index (χ4n) is 4.29. The molecule has 0 unspecified atom stereocenters. The summed E-state index contributed by atoms with van der Waals surface area (Å²) in [5.41, 5.74) is -0.526. The smallest absolute Gasteiger partial charge is 0.326 e. The minimum atomic E-state index is -0.641. The van der Waals surface area contributed by atoms with Gasteiger partial charge in [-0.25, -0.2) is 4.98 Å². The van der Waals surface area contributed by atoms with Crippen LogP contribution in [0.2, 0.25) is 5.02 Å². The SMILES string of the molecule is CCOC(=O)C1(N(Cc2nnnn2-c2ccc(Cl)c(C#N)n2)C2CC2)CCCCC1. The fraction of sp³-hybridized carbons (Fsp3) is 0.600. The summed E-state index contributed by atoms with van der Waals surface area (Å²) in [6, 6.07) is 5.56. The number of aromatic nitrogens is 5. The molecule has 2 aliphatic carbocycles. The highest BCUT2D eigenvalue weighted by Gasteiger charge is 2.51. The number of hydrogen-bond acceptors (Lipinski definition) is 8. The van der Waals surface area contributed by atoms with Crippen LogP contribution in [0.3, 0.4) is 0 Å². The molecule has 4 rings (SSSR count). The molecule has 10 heteroatoms. The van der Waals surface area contributed by atoms with Crippen LogP contribution in [0.1, 0.15) is 63.4 Å². The summed E-state index contributed by atoms with van der Waals surface area (Å²) in [6.07, 6.45) is 6.77. The van der Waals surface area contributed by atoms with E-state index in [2.05, 4.69) is 25.4 Å². The molecule has 0 atom stereocenters. The van der Waals surface area contributed by atoms with Crippen molar-refractivity contribution in [2.75, 3.05) is 6.61 Å². The van der Waals surface area contributed by atoms with Crippen LogP contribution < -0.4 is 0 Å². The van der Waals surface area contributed by atoms with E-state index in [9.17, 15) is 10.1 Å². The highest BCUT2D eigenvalue weighted by atomic mass is 35.5. The average molecular weight is 430 g/mol. The van der Waals surface area contributed by atoms with Gasteiger partial charge in [-0.2, -0.15) is 9.94 Å². The van der Waals surface area contributed by atoms with Gasteiger partial charge in [-0.1, -0.05) is 30.9 Å². The van der Waals surface area contributed by atoms with E-state index in [-0.39, 0.29) is 16.7 Å². The lowest BCUT2D eigenvalue weighted by Crippen LogP contribution is -2.57. The Hall–Kier alpha value is -2.57. The van der Waals surface area contributed by atoms with Crippen molar-refractivity contribution in [2.24, 2.45) is 0 Å². The van der Waals surface area contributed by atoms with Crippen molar-refractivity contribution in [1.29, 1.82) is 5.26 Å².